The SMILES string of the molecule is COCC1=COC(C)C2CN3CCc4c([nH]c5ccccc45)C3CC12. The molecule has 25 heavy (non-hydrogen) atoms. The first-order chi connectivity index (χ1) is 12.3. The Labute approximate surface area is 148 Å². The lowest BCUT2D eigenvalue weighted by Crippen LogP contribution is -2.51. The third-order valence-electron chi connectivity index (χ3n) is 6.53. The zero-order valence-electron chi connectivity index (χ0n) is 15.0. The minimum atomic E-state index is 0.288. The molecule has 0 spiro atoms. The highest BCUT2D eigenvalue weighted by molar-refractivity contribution is 5.85. The minimum Gasteiger partial charge on any atom is -0.498 e. The number of H-pyrrole nitrogens is 1. The zero-order chi connectivity index (χ0) is 17.0. The van der Waals surface area contributed by atoms with Crippen molar-refractivity contribution in [2.75, 3.05) is 26.8 Å². The van der Waals surface area contributed by atoms with E-state index in [1.54, 1.807) is 7.11 Å². The normalized spacial score (nSPS) is 31.7. The van der Waals surface area contributed by atoms with Gasteiger partial charge in [-0.3, -0.25) is 4.90 Å². The van der Waals surface area contributed by atoms with E-state index in [1.165, 1.54) is 27.7 Å². The highest BCUT2D eigenvalue weighted by Gasteiger charge is 2.45. The Kier molecular flexibility index (Phi) is 3.64. The standard InChI is InChI=1S/C21H26N2O2/c1-13-18-10-23-8-7-16-15-5-3-4-6-19(15)22-21(16)20(23)9-17(18)14(11-24-2)12-25-13/h3-6,12-13,17-18,20,22H,7-11H2,1-2H3. The lowest BCUT2D eigenvalue weighted by Gasteiger charge is -2.49. The number of benzene rings is 1. The largest absolute Gasteiger partial charge is 0.498 e. The Balaban J connectivity index is 1.53. The van der Waals surface area contributed by atoms with Gasteiger partial charge in [0.1, 0.15) is 0 Å². The summed E-state index contributed by atoms with van der Waals surface area (Å²) >= 11 is 0. The second-order valence-electron chi connectivity index (χ2n) is 7.80. The average molecular weight is 338 g/mol. The summed E-state index contributed by atoms with van der Waals surface area (Å²) in [7, 11) is 1.78. The quantitative estimate of drug-likeness (QED) is 0.908. The van der Waals surface area contributed by atoms with Crippen molar-refractivity contribution in [3.8, 4) is 0 Å². The number of hydrogen-bond acceptors (Lipinski definition) is 3. The molecule has 1 aromatic carbocycles. The summed E-state index contributed by atoms with van der Waals surface area (Å²) < 4.78 is 11.4. The average Bonchev–Trinajstić information content (AvgIpc) is 3.02. The van der Waals surface area contributed by atoms with Crippen LogP contribution in [0.1, 0.15) is 30.6 Å². The molecule has 4 heterocycles. The van der Waals surface area contributed by atoms with Crippen LogP contribution >= 0.6 is 0 Å². The van der Waals surface area contributed by atoms with Crippen LogP contribution in [0.15, 0.2) is 36.1 Å². The van der Waals surface area contributed by atoms with Gasteiger partial charge in [0.2, 0.25) is 0 Å². The van der Waals surface area contributed by atoms with Gasteiger partial charge in [-0.2, -0.15) is 0 Å². The third-order valence-corrected chi connectivity index (χ3v) is 6.53. The van der Waals surface area contributed by atoms with Gasteiger partial charge >= 0.3 is 0 Å². The molecule has 1 N–H and O–H groups in total. The number of ether oxygens (including phenoxy) is 2. The number of rotatable bonds is 2. The van der Waals surface area contributed by atoms with Gasteiger partial charge in [-0.15, -0.1) is 0 Å². The number of nitrogens with one attached hydrogen (secondary N) is 1. The molecule has 1 saturated heterocycles. The van der Waals surface area contributed by atoms with Crippen molar-refractivity contribution in [2.24, 2.45) is 11.8 Å². The topological polar surface area (TPSA) is 37.5 Å². The van der Waals surface area contributed by atoms with Gasteiger partial charge in [0.25, 0.3) is 0 Å². The first-order valence-electron chi connectivity index (χ1n) is 9.43. The van der Waals surface area contributed by atoms with E-state index in [2.05, 4.69) is 41.1 Å². The number of piperidine rings is 1. The minimum absolute atomic E-state index is 0.288. The Hall–Kier alpha value is -1.78. The Morgan fingerprint density at radius 2 is 2.20 bits per heavy atom. The maximum absolute atomic E-state index is 5.93. The smallest absolute Gasteiger partial charge is 0.0996 e. The van der Waals surface area contributed by atoms with Crippen LogP contribution in [0.5, 0.6) is 0 Å². The summed E-state index contributed by atoms with van der Waals surface area (Å²) in [5, 5.41) is 1.41. The van der Waals surface area contributed by atoms with Crippen molar-refractivity contribution in [3.63, 3.8) is 0 Å². The predicted molar refractivity (Wildman–Crippen MR) is 98.4 cm³/mol. The van der Waals surface area contributed by atoms with Crippen LogP contribution < -0.4 is 0 Å². The summed E-state index contributed by atoms with van der Waals surface area (Å²) in [5.41, 5.74) is 5.59. The number of nitrogens with zero attached hydrogens (tertiary/aromatic N) is 1. The monoisotopic (exact) mass is 338 g/mol. The fraction of sp³-hybridized carbons (Fsp3) is 0.524. The molecule has 2 aromatic rings. The summed E-state index contributed by atoms with van der Waals surface area (Å²) in [6.45, 7) is 5.17. The summed E-state index contributed by atoms with van der Waals surface area (Å²) in [5.74, 6) is 1.12. The van der Waals surface area contributed by atoms with Gasteiger partial charge in [-0.05, 0) is 42.9 Å². The molecule has 4 unspecified atom stereocenters. The summed E-state index contributed by atoms with van der Waals surface area (Å²) in [4.78, 5) is 6.42. The molecular formula is C21H26N2O2. The molecule has 0 aliphatic carbocycles. The van der Waals surface area contributed by atoms with Gasteiger partial charge < -0.3 is 14.5 Å². The highest BCUT2D eigenvalue weighted by Crippen LogP contribution is 2.47. The van der Waals surface area contributed by atoms with Crippen LogP contribution in [0.3, 0.4) is 0 Å². The number of aromatic nitrogens is 1. The molecule has 4 atom stereocenters. The van der Waals surface area contributed by atoms with Crippen LogP contribution in [0, 0.1) is 11.8 Å². The van der Waals surface area contributed by atoms with Crippen LogP contribution in [0.4, 0.5) is 0 Å². The molecule has 1 aromatic heterocycles. The molecule has 0 saturated carbocycles. The second-order valence-corrected chi connectivity index (χ2v) is 7.80. The molecule has 0 bridgehead atoms. The van der Waals surface area contributed by atoms with Crippen molar-refractivity contribution in [2.45, 2.75) is 31.9 Å². The van der Waals surface area contributed by atoms with Gasteiger partial charge in [0.05, 0.1) is 25.0 Å². The predicted octanol–water partition coefficient (Wildman–Crippen LogP) is 3.65. The number of methoxy groups -OCH3 is 1. The van der Waals surface area contributed by atoms with E-state index >= 15 is 0 Å². The van der Waals surface area contributed by atoms with Crippen LogP contribution in [-0.2, 0) is 15.9 Å². The first kappa shape index (κ1) is 15.5. The fourth-order valence-corrected chi connectivity index (χ4v) is 5.26. The first-order valence-corrected chi connectivity index (χ1v) is 9.43. The van der Waals surface area contributed by atoms with Crippen molar-refractivity contribution in [1.82, 2.24) is 9.88 Å². The maximum atomic E-state index is 5.93. The fourth-order valence-electron chi connectivity index (χ4n) is 5.26. The van der Waals surface area contributed by atoms with E-state index < -0.39 is 0 Å². The van der Waals surface area contributed by atoms with Crippen molar-refractivity contribution < 1.29 is 9.47 Å². The molecule has 0 radical (unpaired) electrons. The number of hydrogen-bond donors (Lipinski definition) is 1. The van der Waals surface area contributed by atoms with E-state index in [1.807, 2.05) is 6.26 Å². The zero-order valence-corrected chi connectivity index (χ0v) is 15.0. The molecular weight excluding hydrogens is 312 g/mol. The van der Waals surface area contributed by atoms with Gasteiger partial charge in [-0.25, -0.2) is 0 Å². The Morgan fingerprint density at radius 3 is 3.08 bits per heavy atom. The lowest BCUT2D eigenvalue weighted by atomic mass is 9.72. The molecule has 3 aliphatic heterocycles. The molecule has 0 amide bonds. The summed E-state index contributed by atoms with van der Waals surface area (Å²) in [6.07, 6.45) is 4.56. The molecule has 132 valence electrons. The number of aromatic amines is 1. The molecule has 3 aliphatic rings. The third kappa shape index (κ3) is 2.35. The number of fused-ring (bicyclic) bond motifs is 6. The molecule has 1 fully saturated rings. The van der Waals surface area contributed by atoms with Crippen molar-refractivity contribution in [1.29, 1.82) is 0 Å². The summed E-state index contributed by atoms with van der Waals surface area (Å²) in [6, 6.07) is 9.23. The van der Waals surface area contributed by atoms with E-state index in [0.717, 1.165) is 25.9 Å². The Morgan fingerprint density at radius 1 is 1.32 bits per heavy atom. The lowest BCUT2D eigenvalue weighted by molar-refractivity contribution is -0.0282. The van der Waals surface area contributed by atoms with E-state index in [-0.39, 0.29) is 6.10 Å². The Bertz CT molecular complexity index is 824. The highest BCUT2D eigenvalue weighted by atomic mass is 16.5. The van der Waals surface area contributed by atoms with E-state index in [0.29, 0.717) is 24.5 Å². The van der Waals surface area contributed by atoms with Gasteiger partial charge in [0, 0.05) is 42.7 Å². The van der Waals surface area contributed by atoms with Gasteiger partial charge in [0.15, 0.2) is 0 Å². The van der Waals surface area contributed by atoms with E-state index in [9.17, 15) is 0 Å². The molecule has 4 heteroatoms. The second kappa shape index (κ2) is 5.89. The van der Waals surface area contributed by atoms with Crippen molar-refractivity contribution in [3.05, 3.63) is 47.4 Å². The number of para-hydroxylation sites is 1. The molecule has 4 nitrogen and oxygen atoms in total. The van der Waals surface area contributed by atoms with Gasteiger partial charge in [-0.1, -0.05) is 18.2 Å². The maximum Gasteiger partial charge on any atom is 0.0996 e. The van der Waals surface area contributed by atoms with Crippen LogP contribution in [0.25, 0.3) is 10.9 Å². The van der Waals surface area contributed by atoms with Crippen molar-refractivity contribution >= 4 is 10.9 Å². The molecule has 5 rings (SSSR count). The van der Waals surface area contributed by atoms with E-state index in [4.69, 9.17) is 9.47 Å². The van der Waals surface area contributed by atoms with Crippen LogP contribution in [0.2, 0.25) is 0 Å². The van der Waals surface area contributed by atoms with Crippen LogP contribution in [-0.4, -0.2) is 42.8 Å².